The molecule has 0 aliphatic carbocycles. The number of piperidine rings is 1. The van der Waals surface area contributed by atoms with E-state index in [0.717, 1.165) is 19.0 Å². The van der Waals surface area contributed by atoms with E-state index >= 15 is 0 Å². The fourth-order valence-electron chi connectivity index (χ4n) is 3.37. The summed E-state index contributed by atoms with van der Waals surface area (Å²) in [6, 6.07) is 1.25. The van der Waals surface area contributed by atoms with Crippen LogP contribution in [0.4, 0.5) is 0 Å². The van der Waals surface area contributed by atoms with Crippen molar-refractivity contribution in [2.45, 2.75) is 64.6 Å². The summed E-state index contributed by atoms with van der Waals surface area (Å²) in [5, 5.41) is 0. The molecule has 1 fully saturated rings. The molecule has 2 N–H and O–H groups in total. The van der Waals surface area contributed by atoms with E-state index in [0.29, 0.717) is 12.1 Å². The van der Waals surface area contributed by atoms with E-state index in [1.54, 1.807) is 0 Å². The van der Waals surface area contributed by atoms with E-state index in [2.05, 4.69) is 51.6 Å². The Hall–Kier alpha value is -0.120. The van der Waals surface area contributed by atoms with E-state index in [9.17, 15) is 0 Å². The number of likely N-dealkylation sites (tertiary alicyclic amines) is 1. The predicted molar refractivity (Wildman–Crippen MR) is 79.8 cm³/mol. The molecular weight excluding hydrogens is 222 g/mol. The summed E-state index contributed by atoms with van der Waals surface area (Å²) in [4.78, 5) is 5.02. The minimum Gasteiger partial charge on any atom is -0.329 e. The Balaban J connectivity index is 2.75. The first kappa shape index (κ1) is 15.9. The van der Waals surface area contributed by atoms with Crippen LogP contribution in [0.15, 0.2) is 0 Å². The van der Waals surface area contributed by atoms with Gasteiger partial charge in [-0.15, -0.1) is 0 Å². The Morgan fingerprint density at radius 1 is 1.39 bits per heavy atom. The van der Waals surface area contributed by atoms with Gasteiger partial charge in [-0.25, -0.2) is 0 Å². The van der Waals surface area contributed by atoms with Gasteiger partial charge in [0.1, 0.15) is 0 Å². The van der Waals surface area contributed by atoms with Crippen molar-refractivity contribution in [3.05, 3.63) is 0 Å². The number of hydrogen-bond acceptors (Lipinski definition) is 3. The van der Waals surface area contributed by atoms with Crippen LogP contribution in [-0.4, -0.2) is 54.6 Å². The fourth-order valence-corrected chi connectivity index (χ4v) is 3.37. The number of nitrogens with two attached hydrogens (primary N) is 1. The topological polar surface area (TPSA) is 32.5 Å². The van der Waals surface area contributed by atoms with Crippen molar-refractivity contribution in [2.75, 3.05) is 27.2 Å². The Morgan fingerprint density at radius 3 is 2.44 bits per heavy atom. The van der Waals surface area contributed by atoms with E-state index in [-0.39, 0.29) is 5.54 Å². The van der Waals surface area contributed by atoms with Crippen molar-refractivity contribution in [2.24, 2.45) is 11.7 Å². The average Bonchev–Trinajstić information content (AvgIpc) is 2.31. The highest BCUT2D eigenvalue weighted by atomic mass is 15.2. The summed E-state index contributed by atoms with van der Waals surface area (Å²) in [5.74, 6) is 0.751. The van der Waals surface area contributed by atoms with Gasteiger partial charge in [0.15, 0.2) is 0 Å². The Kier molecular flexibility index (Phi) is 5.63. The molecule has 3 nitrogen and oxygen atoms in total. The maximum Gasteiger partial charge on any atom is 0.0358 e. The zero-order valence-electron chi connectivity index (χ0n) is 13.2. The van der Waals surface area contributed by atoms with Gasteiger partial charge in [0.05, 0.1) is 0 Å². The highest BCUT2D eigenvalue weighted by Gasteiger charge is 2.40. The molecule has 18 heavy (non-hydrogen) atoms. The lowest BCUT2D eigenvalue weighted by atomic mass is 9.81. The van der Waals surface area contributed by atoms with Gasteiger partial charge in [0.2, 0.25) is 0 Å². The average molecular weight is 255 g/mol. The third kappa shape index (κ3) is 3.46. The first-order valence-corrected chi connectivity index (χ1v) is 7.45. The van der Waals surface area contributed by atoms with Crippen LogP contribution in [0, 0.1) is 5.92 Å². The Bertz CT molecular complexity index is 254. The van der Waals surface area contributed by atoms with E-state index in [1.165, 1.54) is 19.3 Å². The van der Waals surface area contributed by atoms with Crippen molar-refractivity contribution >= 4 is 0 Å². The largest absolute Gasteiger partial charge is 0.329 e. The van der Waals surface area contributed by atoms with Crippen molar-refractivity contribution in [3.63, 3.8) is 0 Å². The Labute approximate surface area is 114 Å². The molecule has 0 bridgehead atoms. The molecule has 0 saturated carbocycles. The highest BCUT2D eigenvalue weighted by Crippen LogP contribution is 2.32. The second-order valence-electron chi connectivity index (χ2n) is 6.80. The maximum atomic E-state index is 6.16. The minimum absolute atomic E-state index is 0.209. The summed E-state index contributed by atoms with van der Waals surface area (Å²) < 4.78 is 0. The van der Waals surface area contributed by atoms with Gasteiger partial charge in [0.25, 0.3) is 0 Å². The molecule has 3 atom stereocenters. The predicted octanol–water partition coefficient (Wildman–Crippen LogP) is 2.16. The first-order chi connectivity index (χ1) is 8.32. The van der Waals surface area contributed by atoms with E-state index in [1.807, 2.05) is 0 Å². The molecule has 0 aromatic rings. The van der Waals surface area contributed by atoms with E-state index in [4.69, 9.17) is 5.73 Å². The molecule has 0 aromatic heterocycles. The van der Waals surface area contributed by atoms with E-state index < -0.39 is 0 Å². The van der Waals surface area contributed by atoms with Crippen LogP contribution in [0.2, 0.25) is 0 Å². The molecule has 0 radical (unpaired) electrons. The molecule has 0 aromatic carbocycles. The summed E-state index contributed by atoms with van der Waals surface area (Å²) >= 11 is 0. The first-order valence-electron chi connectivity index (χ1n) is 7.45. The molecule has 3 heteroatoms. The molecule has 3 unspecified atom stereocenters. The molecule has 1 heterocycles. The van der Waals surface area contributed by atoms with Gasteiger partial charge in [-0.05, 0) is 59.7 Å². The van der Waals surface area contributed by atoms with Gasteiger partial charge in [-0.2, -0.15) is 0 Å². The van der Waals surface area contributed by atoms with Crippen LogP contribution >= 0.6 is 0 Å². The lowest BCUT2D eigenvalue weighted by molar-refractivity contribution is 0.000916. The number of likely N-dealkylation sites (N-methyl/N-ethyl adjacent to an activating group) is 1. The van der Waals surface area contributed by atoms with Crippen molar-refractivity contribution in [3.8, 4) is 0 Å². The molecule has 1 aliphatic rings. The molecular formula is C15H33N3. The standard InChI is InChI=1S/C15H33N3/c1-12(2)9-13(3)18(6)15(11-16)7-8-17(5)14(4)10-15/h12-14H,7-11,16H2,1-6H3. The third-order valence-corrected chi connectivity index (χ3v) is 4.96. The monoisotopic (exact) mass is 255 g/mol. The van der Waals surface area contributed by atoms with Crippen LogP contribution in [0.5, 0.6) is 0 Å². The molecule has 1 rings (SSSR count). The van der Waals surface area contributed by atoms with Gasteiger partial charge in [0, 0.05) is 24.2 Å². The van der Waals surface area contributed by atoms with Crippen LogP contribution < -0.4 is 5.73 Å². The highest BCUT2D eigenvalue weighted by molar-refractivity contribution is 4.99. The molecule has 108 valence electrons. The quantitative estimate of drug-likeness (QED) is 0.817. The zero-order chi connectivity index (χ0) is 13.9. The summed E-state index contributed by atoms with van der Waals surface area (Å²) in [7, 11) is 4.50. The van der Waals surface area contributed by atoms with Gasteiger partial charge >= 0.3 is 0 Å². The lowest BCUT2D eigenvalue weighted by Crippen LogP contribution is -2.61. The molecule has 0 amide bonds. The lowest BCUT2D eigenvalue weighted by Gasteiger charge is -2.51. The number of hydrogen-bond donors (Lipinski definition) is 1. The third-order valence-electron chi connectivity index (χ3n) is 4.96. The smallest absolute Gasteiger partial charge is 0.0358 e. The van der Waals surface area contributed by atoms with Crippen molar-refractivity contribution in [1.29, 1.82) is 0 Å². The SMILES string of the molecule is CC(C)CC(C)N(C)C1(CN)CCN(C)C(C)C1. The second kappa shape index (κ2) is 6.36. The fraction of sp³-hybridized carbons (Fsp3) is 1.00. The van der Waals surface area contributed by atoms with Gasteiger partial charge < -0.3 is 10.6 Å². The summed E-state index contributed by atoms with van der Waals surface area (Å²) in [5.41, 5.74) is 6.36. The summed E-state index contributed by atoms with van der Waals surface area (Å²) in [6.45, 7) is 11.2. The van der Waals surface area contributed by atoms with Crippen molar-refractivity contribution in [1.82, 2.24) is 9.80 Å². The van der Waals surface area contributed by atoms with Crippen LogP contribution in [0.1, 0.15) is 47.0 Å². The molecule has 1 aliphatic heterocycles. The number of rotatable bonds is 5. The normalized spacial score (nSPS) is 32.2. The van der Waals surface area contributed by atoms with Crippen LogP contribution in [-0.2, 0) is 0 Å². The van der Waals surface area contributed by atoms with Gasteiger partial charge in [-0.1, -0.05) is 13.8 Å². The molecule has 1 saturated heterocycles. The Morgan fingerprint density at radius 2 is 2.00 bits per heavy atom. The van der Waals surface area contributed by atoms with Crippen LogP contribution in [0.25, 0.3) is 0 Å². The number of nitrogens with zero attached hydrogens (tertiary/aromatic N) is 2. The minimum atomic E-state index is 0.209. The second-order valence-corrected chi connectivity index (χ2v) is 6.80. The zero-order valence-corrected chi connectivity index (χ0v) is 13.2. The van der Waals surface area contributed by atoms with Gasteiger partial charge in [-0.3, -0.25) is 4.90 Å². The van der Waals surface area contributed by atoms with Crippen LogP contribution in [0.3, 0.4) is 0 Å². The van der Waals surface area contributed by atoms with Crippen molar-refractivity contribution < 1.29 is 0 Å². The molecule has 0 spiro atoms. The maximum absolute atomic E-state index is 6.16. The summed E-state index contributed by atoms with van der Waals surface area (Å²) in [6.07, 6.45) is 3.64.